The van der Waals surface area contributed by atoms with Crippen molar-refractivity contribution in [2.45, 2.75) is 13.5 Å². The molecule has 0 radical (unpaired) electrons. The van der Waals surface area contributed by atoms with Gasteiger partial charge in [-0.2, -0.15) is 5.10 Å². The van der Waals surface area contributed by atoms with Gasteiger partial charge in [-0.3, -0.25) is 0 Å². The number of hydrogen-bond donors (Lipinski definition) is 1. The minimum Gasteiger partial charge on any atom is -0.486 e. The third-order valence-corrected chi connectivity index (χ3v) is 3.56. The van der Waals surface area contributed by atoms with Crippen LogP contribution in [0.2, 0.25) is 5.02 Å². The van der Waals surface area contributed by atoms with Gasteiger partial charge in [0.25, 0.3) is 0 Å². The molecule has 0 saturated carbocycles. The SMILES string of the molecule is Cc1cc(OCc2ccc(C=NN(C)C(N)=S)o2)ccc1Cl. The van der Waals surface area contributed by atoms with Crippen LogP contribution in [0, 0.1) is 6.92 Å². The molecule has 7 heteroatoms. The molecular weight excluding hydrogens is 322 g/mol. The Bertz CT molecular complexity index is 700. The van der Waals surface area contributed by atoms with Crippen LogP contribution in [0.25, 0.3) is 0 Å². The predicted molar refractivity (Wildman–Crippen MR) is 91.4 cm³/mol. The summed E-state index contributed by atoms with van der Waals surface area (Å²) in [7, 11) is 1.66. The fraction of sp³-hybridized carbons (Fsp3) is 0.200. The molecule has 0 unspecified atom stereocenters. The summed E-state index contributed by atoms with van der Waals surface area (Å²) in [6.45, 7) is 2.25. The zero-order chi connectivity index (χ0) is 16.1. The Labute approximate surface area is 139 Å². The summed E-state index contributed by atoms with van der Waals surface area (Å²) in [4.78, 5) is 0. The van der Waals surface area contributed by atoms with Gasteiger partial charge in [-0.25, -0.2) is 5.01 Å². The van der Waals surface area contributed by atoms with Gasteiger partial charge in [0.2, 0.25) is 0 Å². The summed E-state index contributed by atoms with van der Waals surface area (Å²) in [6, 6.07) is 9.12. The highest BCUT2D eigenvalue weighted by molar-refractivity contribution is 7.80. The second-order valence-corrected chi connectivity index (χ2v) is 5.44. The maximum atomic E-state index is 5.97. The molecule has 0 saturated heterocycles. The molecule has 0 aliphatic carbocycles. The Kier molecular flexibility index (Phi) is 5.41. The number of nitrogens with zero attached hydrogens (tertiary/aromatic N) is 2. The second kappa shape index (κ2) is 7.29. The number of hydrogen-bond acceptors (Lipinski definition) is 4. The van der Waals surface area contributed by atoms with Gasteiger partial charge in [0.15, 0.2) is 5.11 Å². The molecule has 2 aromatic rings. The summed E-state index contributed by atoms with van der Waals surface area (Å²) in [5, 5.41) is 6.32. The molecule has 22 heavy (non-hydrogen) atoms. The Morgan fingerprint density at radius 2 is 2.23 bits per heavy atom. The van der Waals surface area contributed by atoms with E-state index in [-0.39, 0.29) is 5.11 Å². The molecule has 1 aromatic carbocycles. The molecule has 0 aliphatic rings. The van der Waals surface area contributed by atoms with Crippen molar-refractivity contribution in [2.75, 3.05) is 7.05 Å². The van der Waals surface area contributed by atoms with E-state index in [0.29, 0.717) is 23.2 Å². The number of thiocarbonyl (C=S) groups is 1. The van der Waals surface area contributed by atoms with Crippen molar-refractivity contribution in [3.63, 3.8) is 0 Å². The number of aryl methyl sites for hydroxylation is 1. The average Bonchev–Trinajstić information content (AvgIpc) is 2.94. The fourth-order valence-corrected chi connectivity index (χ4v) is 1.77. The standard InChI is InChI=1S/C15H16ClN3O2S/c1-10-7-11(5-6-14(10)16)20-9-13-4-3-12(21-13)8-18-19(2)15(17)22/h3-8H,9H2,1-2H3,(H2,17,22). The van der Waals surface area contributed by atoms with Crippen LogP contribution in [0.1, 0.15) is 17.1 Å². The smallest absolute Gasteiger partial charge is 0.186 e. The van der Waals surface area contributed by atoms with Crippen molar-refractivity contribution in [2.24, 2.45) is 10.8 Å². The number of rotatable bonds is 5. The van der Waals surface area contributed by atoms with E-state index in [0.717, 1.165) is 11.3 Å². The van der Waals surface area contributed by atoms with Crippen molar-refractivity contribution in [3.05, 3.63) is 52.4 Å². The zero-order valence-electron chi connectivity index (χ0n) is 12.2. The van der Waals surface area contributed by atoms with Gasteiger partial charge in [-0.05, 0) is 55.0 Å². The van der Waals surface area contributed by atoms with E-state index >= 15 is 0 Å². The fourth-order valence-electron chi connectivity index (χ4n) is 1.60. The molecular formula is C15H16ClN3O2S. The zero-order valence-corrected chi connectivity index (χ0v) is 13.8. The molecule has 116 valence electrons. The topological polar surface area (TPSA) is 64.0 Å². The minimum atomic E-state index is 0.185. The van der Waals surface area contributed by atoms with Gasteiger partial charge in [0, 0.05) is 12.1 Å². The number of halogens is 1. The van der Waals surface area contributed by atoms with E-state index in [1.165, 1.54) is 11.2 Å². The first kappa shape index (κ1) is 16.3. The number of benzene rings is 1. The quantitative estimate of drug-likeness (QED) is 0.515. The first-order valence-corrected chi connectivity index (χ1v) is 7.29. The van der Waals surface area contributed by atoms with Crippen LogP contribution in [0.5, 0.6) is 5.75 Å². The summed E-state index contributed by atoms with van der Waals surface area (Å²) >= 11 is 10.8. The highest BCUT2D eigenvalue weighted by atomic mass is 35.5. The third kappa shape index (κ3) is 4.47. The molecule has 2 rings (SSSR count). The van der Waals surface area contributed by atoms with Crippen molar-refractivity contribution >= 4 is 35.1 Å². The number of ether oxygens (including phenoxy) is 1. The lowest BCUT2D eigenvalue weighted by molar-refractivity contribution is 0.269. The maximum Gasteiger partial charge on any atom is 0.186 e. The van der Waals surface area contributed by atoms with E-state index in [9.17, 15) is 0 Å². The molecule has 0 bridgehead atoms. The molecule has 5 nitrogen and oxygen atoms in total. The molecule has 0 aliphatic heterocycles. The average molecular weight is 338 g/mol. The van der Waals surface area contributed by atoms with E-state index in [1.807, 2.05) is 25.1 Å². The Morgan fingerprint density at radius 3 is 2.91 bits per heavy atom. The minimum absolute atomic E-state index is 0.185. The molecule has 1 heterocycles. The van der Waals surface area contributed by atoms with Crippen LogP contribution in [-0.4, -0.2) is 23.4 Å². The highest BCUT2D eigenvalue weighted by Gasteiger charge is 2.04. The maximum absolute atomic E-state index is 5.97. The van der Waals surface area contributed by atoms with E-state index in [2.05, 4.69) is 5.10 Å². The summed E-state index contributed by atoms with van der Waals surface area (Å²) in [5.41, 5.74) is 6.39. The van der Waals surface area contributed by atoms with Gasteiger partial charge in [0.05, 0.1) is 6.21 Å². The van der Waals surface area contributed by atoms with Crippen LogP contribution >= 0.6 is 23.8 Å². The largest absolute Gasteiger partial charge is 0.486 e. The van der Waals surface area contributed by atoms with Gasteiger partial charge in [-0.15, -0.1) is 0 Å². The third-order valence-electron chi connectivity index (χ3n) is 2.87. The first-order valence-electron chi connectivity index (χ1n) is 6.50. The number of hydrazone groups is 1. The molecule has 1 aromatic heterocycles. The van der Waals surface area contributed by atoms with Gasteiger partial charge >= 0.3 is 0 Å². The normalized spacial score (nSPS) is 10.9. The van der Waals surface area contributed by atoms with Gasteiger partial charge < -0.3 is 14.9 Å². The first-order chi connectivity index (χ1) is 10.5. The molecule has 0 fully saturated rings. The van der Waals surface area contributed by atoms with Crippen LogP contribution < -0.4 is 10.5 Å². The molecule has 0 atom stereocenters. The Balaban J connectivity index is 1.94. The molecule has 0 amide bonds. The van der Waals surface area contributed by atoms with Crippen LogP contribution in [0.15, 0.2) is 39.9 Å². The van der Waals surface area contributed by atoms with Crippen molar-refractivity contribution in [3.8, 4) is 5.75 Å². The number of nitrogens with two attached hydrogens (primary N) is 1. The lowest BCUT2D eigenvalue weighted by atomic mass is 10.2. The van der Waals surface area contributed by atoms with Crippen molar-refractivity contribution in [1.82, 2.24) is 5.01 Å². The van der Waals surface area contributed by atoms with E-state index in [4.69, 9.17) is 38.7 Å². The van der Waals surface area contributed by atoms with Gasteiger partial charge in [0.1, 0.15) is 23.9 Å². The van der Waals surface area contributed by atoms with Crippen LogP contribution in [0.3, 0.4) is 0 Å². The van der Waals surface area contributed by atoms with Crippen molar-refractivity contribution < 1.29 is 9.15 Å². The Morgan fingerprint density at radius 1 is 1.45 bits per heavy atom. The lowest BCUT2D eigenvalue weighted by Gasteiger charge is -2.07. The summed E-state index contributed by atoms with van der Waals surface area (Å²) in [5.74, 6) is 2.02. The van der Waals surface area contributed by atoms with E-state index < -0.39 is 0 Å². The van der Waals surface area contributed by atoms with Crippen LogP contribution in [0.4, 0.5) is 0 Å². The number of furan rings is 1. The van der Waals surface area contributed by atoms with E-state index in [1.54, 1.807) is 19.2 Å². The summed E-state index contributed by atoms with van der Waals surface area (Å²) in [6.07, 6.45) is 1.54. The van der Waals surface area contributed by atoms with Crippen molar-refractivity contribution in [1.29, 1.82) is 0 Å². The highest BCUT2D eigenvalue weighted by Crippen LogP contribution is 2.22. The lowest BCUT2D eigenvalue weighted by Crippen LogP contribution is -2.26. The summed E-state index contributed by atoms with van der Waals surface area (Å²) < 4.78 is 11.2. The molecule has 2 N–H and O–H groups in total. The monoisotopic (exact) mass is 337 g/mol. The Hall–Kier alpha value is -2.05. The molecule has 0 spiro atoms. The van der Waals surface area contributed by atoms with Gasteiger partial charge in [-0.1, -0.05) is 11.6 Å². The van der Waals surface area contributed by atoms with Crippen LogP contribution in [-0.2, 0) is 6.61 Å². The second-order valence-electron chi connectivity index (χ2n) is 4.61. The predicted octanol–water partition coefficient (Wildman–Crippen LogP) is 3.33.